The summed E-state index contributed by atoms with van der Waals surface area (Å²) in [6.07, 6.45) is 0. The highest BCUT2D eigenvalue weighted by atomic mass is 32.2. The van der Waals surface area contributed by atoms with E-state index in [-0.39, 0.29) is 34.9 Å². The van der Waals surface area contributed by atoms with E-state index >= 15 is 0 Å². The summed E-state index contributed by atoms with van der Waals surface area (Å²) >= 11 is 0. The maximum atomic E-state index is 13.3. The first-order valence-corrected chi connectivity index (χ1v) is 10.1. The van der Waals surface area contributed by atoms with Crippen LogP contribution in [0.2, 0.25) is 0 Å². The van der Waals surface area contributed by atoms with E-state index in [0.29, 0.717) is 26.3 Å². The summed E-state index contributed by atoms with van der Waals surface area (Å²) in [5.41, 5.74) is 0.237. The highest BCUT2D eigenvalue weighted by Crippen LogP contribution is 2.19. The normalized spacial score (nSPS) is 24.3. The first-order chi connectivity index (χ1) is 12.3. The molecule has 2 heterocycles. The third-order valence-electron chi connectivity index (χ3n) is 4.83. The fraction of sp³-hybridized carbons (Fsp3) is 0.588. The van der Waals surface area contributed by atoms with E-state index in [1.807, 2.05) is 7.05 Å². The molecule has 2 aliphatic heterocycles. The molecule has 1 aromatic carbocycles. The second-order valence-corrected chi connectivity index (χ2v) is 8.83. The van der Waals surface area contributed by atoms with Crippen LogP contribution in [0.4, 0.5) is 4.39 Å². The van der Waals surface area contributed by atoms with Crippen molar-refractivity contribution in [2.75, 3.05) is 46.4 Å². The molecule has 2 saturated heterocycles. The van der Waals surface area contributed by atoms with Crippen molar-refractivity contribution in [3.05, 3.63) is 29.6 Å². The average molecular weight is 385 g/mol. The summed E-state index contributed by atoms with van der Waals surface area (Å²) in [4.78, 5) is 16.5. The molecule has 0 radical (unpaired) electrons. The molecule has 2 bridgehead atoms. The first-order valence-electron chi connectivity index (χ1n) is 8.58. The van der Waals surface area contributed by atoms with Crippen molar-refractivity contribution in [1.29, 1.82) is 0 Å². The van der Waals surface area contributed by atoms with Gasteiger partial charge >= 0.3 is 0 Å². The zero-order valence-electron chi connectivity index (χ0n) is 14.9. The largest absolute Gasteiger partial charge is 0.379 e. The van der Waals surface area contributed by atoms with Crippen LogP contribution in [0.15, 0.2) is 23.1 Å². The highest BCUT2D eigenvalue weighted by molar-refractivity contribution is 7.89. The Morgan fingerprint density at radius 3 is 2.81 bits per heavy atom. The van der Waals surface area contributed by atoms with Gasteiger partial charge in [-0.05, 0) is 37.7 Å². The Balaban J connectivity index is 1.68. The van der Waals surface area contributed by atoms with Crippen molar-refractivity contribution >= 4 is 15.9 Å². The number of likely N-dealkylation sites (N-methyl/N-ethyl adjacent to an activating group) is 1. The Morgan fingerprint density at radius 1 is 1.31 bits per heavy atom. The van der Waals surface area contributed by atoms with Crippen molar-refractivity contribution in [2.45, 2.75) is 17.9 Å². The van der Waals surface area contributed by atoms with Crippen molar-refractivity contribution in [3.8, 4) is 0 Å². The van der Waals surface area contributed by atoms with Crippen LogP contribution in [-0.4, -0.2) is 76.6 Å². The number of rotatable bonds is 4. The van der Waals surface area contributed by atoms with Gasteiger partial charge in [0.05, 0.1) is 30.7 Å². The van der Waals surface area contributed by atoms with E-state index in [9.17, 15) is 17.6 Å². The number of carbonyl (C=O) groups excluding carboxylic acids is 1. The number of carbonyl (C=O) groups is 1. The van der Waals surface area contributed by atoms with Crippen LogP contribution in [0.1, 0.15) is 5.56 Å². The van der Waals surface area contributed by atoms with E-state index < -0.39 is 15.8 Å². The molecule has 2 atom stereocenters. The van der Waals surface area contributed by atoms with Crippen LogP contribution < -0.4 is 4.72 Å². The van der Waals surface area contributed by atoms with E-state index in [1.54, 1.807) is 4.90 Å². The first kappa shape index (κ1) is 19.2. The predicted molar refractivity (Wildman–Crippen MR) is 93.6 cm³/mol. The summed E-state index contributed by atoms with van der Waals surface area (Å²) < 4.78 is 46.1. The van der Waals surface area contributed by atoms with Gasteiger partial charge in [0, 0.05) is 25.6 Å². The number of hydrogen-bond donors (Lipinski definition) is 1. The summed E-state index contributed by atoms with van der Waals surface area (Å²) in [6.45, 7) is 4.33. The lowest BCUT2D eigenvalue weighted by Crippen LogP contribution is -2.49. The van der Waals surface area contributed by atoms with Gasteiger partial charge in [0.25, 0.3) is 0 Å². The summed E-state index contributed by atoms with van der Waals surface area (Å²) in [5, 5.41) is 0. The molecule has 0 aromatic heterocycles. The van der Waals surface area contributed by atoms with Gasteiger partial charge in [-0.25, -0.2) is 17.5 Å². The third kappa shape index (κ3) is 4.22. The molecular formula is C17H24FN3O4S. The van der Waals surface area contributed by atoms with E-state index in [1.165, 1.54) is 19.1 Å². The van der Waals surface area contributed by atoms with Crippen LogP contribution in [0.25, 0.3) is 0 Å². The molecule has 0 unspecified atom stereocenters. The number of nitrogens with zero attached hydrogens (tertiary/aromatic N) is 2. The van der Waals surface area contributed by atoms with Crippen LogP contribution >= 0.6 is 0 Å². The molecule has 0 saturated carbocycles. The van der Waals surface area contributed by atoms with Gasteiger partial charge < -0.3 is 14.5 Å². The minimum atomic E-state index is -3.88. The second-order valence-electron chi connectivity index (χ2n) is 7.06. The molecule has 3 rings (SSSR count). The van der Waals surface area contributed by atoms with Crippen LogP contribution in [0, 0.1) is 18.7 Å². The maximum absolute atomic E-state index is 13.3. The Bertz CT molecular complexity index is 786. The third-order valence-corrected chi connectivity index (χ3v) is 6.22. The number of halogens is 1. The Morgan fingerprint density at radius 2 is 2.08 bits per heavy atom. The van der Waals surface area contributed by atoms with E-state index in [2.05, 4.69) is 9.62 Å². The molecule has 9 heteroatoms. The highest BCUT2D eigenvalue weighted by Gasteiger charge is 2.34. The van der Waals surface area contributed by atoms with Crippen LogP contribution in [0.3, 0.4) is 0 Å². The predicted octanol–water partition coefficient (Wildman–Crippen LogP) is 0.201. The number of benzene rings is 1. The fourth-order valence-electron chi connectivity index (χ4n) is 3.51. The molecule has 0 aliphatic carbocycles. The van der Waals surface area contributed by atoms with Gasteiger partial charge in [-0.1, -0.05) is 0 Å². The maximum Gasteiger partial charge on any atom is 0.241 e. The number of amides is 1. The van der Waals surface area contributed by atoms with Crippen molar-refractivity contribution in [3.63, 3.8) is 0 Å². The fourth-order valence-corrected chi connectivity index (χ4v) is 4.57. The molecule has 144 valence electrons. The summed E-state index contributed by atoms with van der Waals surface area (Å²) in [5.74, 6) is -0.531. The number of fused-ring (bicyclic) bond motifs is 3. The molecule has 7 nitrogen and oxygen atoms in total. The lowest BCUT2D eigenvalue weighted by atomic mass is 10.1. The zero-order chi connectivity index (χ0) is 18.9. The molecule has 1 N–H and O–H groups in total. The van der Waals surface area contributed by atoms with Crippen LogP contribution in [0.5, 0.6) is 0 Å². The molecule has 26 heavy (non-hydrogen) atoms. The lowest BCUT2D eigenvalue weighted by Gasteiger charge is -2.29. The van der Waals surface area contributed by atoms with Crippen molar-refractivity contribution < 1.29 is 22.3 Å². The molecule has 1 aromatic rings. The zero-order valence-corrected chi connectivity index (χ0v) is 15.8. The quantitative estimate of drug-likeness (QED) is 0.801. The lowest BCUT2D eigenvalue weighted by molar-refractivity contribution is -0.132. The minimum absolute atomic E-state index is 0.0538. The van der Waals surface area contributed by atoms with Gasteiger partial charge in [-0.15, -0.1) is 0 Å². The van der Waals surface area contributed by atoms with Gasteiger partial charge in [0.1, 0.15) is 5.82 Å². The smallest absolute Gasteiger partial charge is 0.241 e. The van der Waals surface area contributed by atoms with Gasteiger partial charge in [-0.2, -0.15) is 0 Å². The molecule has 2 fully saturated rings. The minimum Gasteiger partial charge on any atom is -0.379 e. The second kappa shape index (κ2) is 7.59. The van der Waals surface area contributed by atoms with Gasteiger partial charge in [-0.3, -0.25) is 4.79 Å². The standard InChI is InChI=1S/C17H24FN3O4S/c1-12-5-15(3-4-16(12)18)26(23,24)19-6-17(22)21-8-13-7-20(2)9-14(21)11-25-10-13/h3-5,13-14,19H,6-11H2,1-2H3/t13-,14-/m0/s1. The van der Waals surface area contributed by atoms with Gasteiger partial charge in [0.15, 0.2) is 0 Å². The van der Waals surface area contributed by atoms with Crippen molar-refractivity contribution in [1.82, 2.24) is 14.5 Å². The molecular weight excluding hydrogens is 361 g/mol. The summed E-state index contributed by atoms with van der Waals surface area (Å²) in [7, 11) is -1.87. The van der Waals surface area contributed by atoms with Crippen LogP contribution in [-0.2, 0) is 19.6 Å². The SMILES string of the molecule is Cc1cc(S(=O)(=O)NCC(=O)N2C[C@H]3COC[C@@H]2CN(C)C3)ccc1F. The number of aryl methyl sites for hydroxylation is 1. The number of nitrogens with one attached hydrogen (secondary N) is 1. The Labute approximate surface area is 153 Å². The topological polar surface area (TPSA) is 79.0 Å². The average Bonchev–Trinajstić information content (AvgIpc) is 2.85. The number of sulfonamides is 1. The molecule has 1 amide bonds. The summed E-state index contributed by atoms with van der Waals surface area (Å²) in [6, 6.07) is 3.47. The number of hydrogen-bond acceptors (Lipinski definition) is 5. The monoisotopic (exact) mass is 385 g/mol. The van der Waals surface area contributed by atoms with E-state index in [0.717, 1.165) is 12.6 Å². The molecule has 2 aliphatic rings. The van der Waals surface area contributed by atoms with Gasteiger partial charge in [0.2, 0.25) is 15.9 Å². The van der Waals surface area contributed by atoms with Crippen molar-refractivity contribution in [2.24, 2.45) is 5.92 Å². The Hall–Kier alpha value is -1.55. The van der Waals surface area contributed by atoms with E-state index in [4.69, 9.17) is 4.74 Å². The Kier molecular flexibility index (Phi) is 5.61. The molecule has 0 spiro atoms. The number of ether oxygens (including phenoxy) is 1.